The zero-order chi connectivity index (χ0) is 15.7. The number of alkyl halides is 1. The van der Waals surface area contributed by atoms with Crippen LogP contribution in [0.4, 0.5) is 0 Å². The summed E-state index contributed by atoms with van der Waals surface area (Å²) in [7, 11) is 0. The van der Waals surface area contributed by atoms with Crippen molar-refractivity contribution >= 4 is 45.3 Å². The Kier molecular flexibility index (Phi) is 6.57. The number of fused-ring (bicyclic) bond motifs is 1. The molecule has 3 atom stereocenters. The summed E-state index contributed by atoms with van der Waals surface area (Å²) in [5, 5.41) is 9.99. The number of rotatable bonds is 3. The normalized spacial score (nSPS) is 30.4. The van der Waals surface area contributed by atoms with E-state index in [1.165, 1.54) is 36.3 Å². The van der Waals surface area contributed by atoms with E-state index in [4.69, 9.17) is 0 Å². The number of aliphatic carboxylic acids is 1. The molecule has 128 valence electrons. The number of nitrogens with zero attached hydrogens (tertiary/aromatic N) is 1. The van der Waals surface area contributed by atoms with Crippen LogP contribution in [-0.4, -0.2) is 49.6 Å². The molecule has 2 aliphatic heterocycles. The zero-order valence-electron chi connectivity index (χ0n) is 12.6. The van der Waals surface area contributed by atoms with E-state index in [9.17, 15) is 14.7 Å². The lowest BCUT2D eigenvalue weighted by molar-refractivity contribution is -0.505. The highest BCUT2D eigenvalue weighted by Crippen LogP contribution is 2.40. The van der Waals surface area contributed by atoms with Crippen molar-refractivity contribution in [1.82, 2.24) is 4.90 Å². The molecule has 1 saturated carbocycles. The quantitative estimate of drug-likeness (QED) is 0.309. The Morgan fingerprint density at radius 1 is 1.35 bits per heavy atom. The van der Waals surface area contributed by atoms with Gasteiger partial charge in [0.15, 0.2) is 11.1 Å². The largest absolute Gasteiger partial charge is 1.00 e. The maximum absolute atomic E-state index is 12.4. The number of halogens is 2. The molecule has 0 aromatic rings. The lowest BCUT2D eigenvalue weighted by atomic mass is 10.0. The number of thioether (sulfide) groups is 1. The SMILES string of the molecule is O=C(O)C1=CC(CBr)S[C@@H]2[C@H]([NH+]=C3CCCCCC3)C(=O)N12.[Cl-]. The van der Waals surface area contributed by atoms with Gasteiger partial charge < -0.3 is 17.5 Å². The van der Waals surface area contributed by atoms with Crippen LogP contribution in [0, 0.1) is 0 Å². The Bertz CT molecular complexity index is 545. The minimum atomic E-state index is -1.02. The number of hydrogen-bond donors (Lipinski definition) is 2. The van der Waals surface area contributed by atoms with Crippen molar-refractivity contribution in [2.24, 2.45) is 0 Å². The van der Waals surface area contributed by atoms with Gasteiger partial charge in [0.2, 0.25) is 0 Å². The summed E-state index contributed by atoms with van der Waals surface area (Å²) < 4.78 is 0. The van der Waals surface area contributed by atoms with Crippen molar-refractivity contribution in [3.8, 4) is 0 Å². The smallest absolute Gasteiger partial charge is 0.352 e. The summed E-state index contributed by atoms with van der Waals surface area (Å²) in [6.45, 7) is 0. The average Bonchev–Trinajstić information content (AvgIpc) is 2.79. The van der Waals surface area contributed by atoms with E-state index in [0.29, 0.717) is 5.33 Å². The first-order valence-electron chi connectivity index (χ1n) is 7.72. The molecule has 2 N–H and O–H groups in total. The summed E-state index contributed by atoms with van der Waals surface area (Å²) >= 11 is 5.07. The lowest BCUT2D eigenvalue weighted by Gasteiger charge is -2.45. The monoisotopic (exact) mass is 422 g/mol. The third kappa shape index (κ3) is 3.77. The Balaban J connectivity index is 0.00000192. The molecule has 1 saturated heterocycles. The third-order valence-corrected chi connectivity index (χ3v) is 6.94. The highest BCUT2D eigenvalue weighted by atomic mass is 79.9. The summed E-state index contributed by atoms with van der Waals surface area (Å²) in [5.41, 5.74) is 1.39. The fourth-order valence-corrected chi connectivity index (χ4v) is 5.21. The molecule has 1 aliphatic carbocycles. The highest BCUT2D eigenvalue weighted by molar-refractivity contribution is 9.09. The van der Waals surface area contributed by atoms with Crippen molar-refractivity contribution < 1.29 is 32.1 Å². The van der Waals surface area contributed by atoms with Crippen LogP contribution in [0.5, 0.6) is 0 Å². The molecule has 1 amide bonds. The summed E-state index contributed by atoms with van der Waals surface area (Å²) in [4.78, 5) is 28.6. The van der Waals surface area contributed by atoms with Gasteiger partial charge >= 0.3 is 5.97 Å². The van der Waals surface area contributed by atoms with Crippen LogP contribution in [0.2, 0.25) is 0 Å². The van der Waals surface area contributed by atoms with Crippen LogP contribution in [0.25, 0.3) is 0 Å². The van der Waals surface area contributed by atoms with E-state index < -0.39 is 5.97 Å². The fraction of sp³-hybridized carbons (Fsp3) is 0.667. The van der Waals surface area contributed by atoms with Gasteiger partial charge in [-0.3, -0.25) is 9.69 Å². The van der Waals surface area contributed by atoms with Gasteiger partial charge in [-0.2, -0.15) is 0 Å². The average molecular weight is 424 g/mol. The minimum absolute atomic E-state index is 0. The maximum Gasteiger partial charge on any atom is 0.352 e. The van der Waals surface area contributed by atoms with Crippen LogP contribution in [0.1, 0.15) is 38.5 Å². The summed E-state index contributed by atoms with van der Waals surface area (Å²) in [6, 6.07) is -0.275. The molecule has 0 radical (unpaired) electrons. The molecule has 5 nitrogen and oxygen atoms in total. The van der Waals surface area contributed by atoms with Crippen LogP contribution in [0.3, 0.4) is 0 Å². The topological polar surface area (TPSA) is 71.6 Å². The second-order valence-corrected chi connectivity index (χ2v) is 7.93. The molecule has 2 fully saturated rings. The molecule has 23 heavy (non-hydrogen) atoms. The standard InChI is InChI=1S/C15H19BrN2O3S.ClH/c16-8-10-7-11(15(20)21)18-13(19)12(14(18)22-10)17-9-5-3-1-2-4-6-9;/h7,10,12,14H,1-6,8H2,(H,20,21);1H/t10?,12-,14-;/m1./s1. The first-order valence-corrected chi connectivity index (χ1v) is 9.79. The van der Waals surface area contributed by atoms with Crippen molar-refractivity contribution in [3.63, 3.8) is 0 Å². The molecule has 3 aliphatic rings. The molecule has 3 rings (SSSR count). The highest BCUT2D eigenvalue weighted by Gasteiger charge is 2.57. The maximum atomic E-state index is 12.4. The molecule has 8 heteroatoms. The van der Waals surface area contributed by atoms with Crippen molar-refractivity contribution in [2.45, 2.75) is 55.2 Å². The van der Waals surface area contributed by atoms with Gasteiger partial charge in [0, 0.05) is 23.4 Å². The zero-order valence-corrected chi connectivity index (χ0v) is 15.8. The van der Waals surface area contributed by atoms with E-state index in [1.54, 1.807) is 17.8 Å². The second kappa shape index (κ2) is 8.03. The van der Waals surface area contributed by atoms with E-state index in [0.717, 1.165) is 12.8 Å². The molecule has 0 spiro atoms. The van der Waals surface area contributed by atoms with E-state index >= 15 is 0 Å². The van der Waals surface area contributed by atoms with Gasteiger partial charge in [-0.25, -0.2) is 9.79 Å². The van der Waals surface area contributed by atoms with Crippen molar-refractivity contribution in [2.75, 3.05) is 5.33 Å². The van der Waals surface area contributed by atoms with Gasteiger partial charge in [0.1, 0.15) is 5.70 Å². The third-order valence-electron chi connectivity index (χ3n) is 4.40. The van der Waals surface area contributed by atoms with Gasteiger partial charge in [-0.15, -0.1) is 11.8 Å². The van der Waals surface area contributed by atoms with Crippen molar-refractivity contribution in [3.05, 3.63) is 11.8 Å². The van der Waals surface area contributed by atoms with E-state index in [-0.39, 0.29) is 40.7 Å². The van der Waals surface area contributed by atoms with Crippen LogP contribution < -0.4 is 17.4 Å². The first kappa shape index (κ1) is 18.8. The molecule has 1 unspecified atom stereocenters. The number of carboxylic acid groups (broad SMARTS) is 1. The van der Waals surface area contributed by atoms with Crippen LogP contribution in [-0.2, 0) is 9.59 Å². The fourth-order valence-electron chi connectivity index (χ4n) is 3.24. The number of carbonyl (C=O) groups excluding carboxylic acids is 1. The van der Waals surface area contributed by atoms with Gasteiger partial charge in [0.25, 0.3) is 11.9 Å². The predicted molar refractivity (Wildman–Crippen MR) is 89.0 cm³/mol. The predicted octanol–water partition coefficient (Wildman–Crippen LogP) is -2.12. The first-order chi connectivity index (χ1) is 10.6. The van der Waals surface area contributed by atoms with Gasteiger partial charge in [0.05, 0.1) is 0 Å². The minimum Gasteiger partial charge on any atom is -1.00 e. The summed E-state index contributed by atoms with van der Waals surface area (Å²) in [6.07, 6.45) is 8.60. The number of hydrogen-bond acceptors (Lipinski definition) is 3. The van der Waals surface area contributed by atoms with E-state index in [1.807, 2.05) is 0 Å². The van der Waals surface area contributed by atoms with Crippen molar-refractivity contribution in [1.29, 1.82) is 0 Å². The lowest BCUT2D eigenvalue weighted by Crippen LogP contribution is -3.00. The number of β-lactam (4-membered cyclic amide) rings is 1. The number of carbonyl (C=O) groups is 2. The number of carboxylic acids is 1. The van der Waals surface area contributed by atoms with Crippen LogP contribution >= 0.6 is 27.7 Å². The number of amides is 1. The molecule has 0 aromatic heterocycles. The Hall–Kier alpha value is -0.530. The number of nitrogens with one attached hydrogen (secondary N) is 1. The Morgan fingerprint density at radius 3 is 2.57 bits per heavy atom. The summed E-state index contributed by atoms with van der Waals surface area (Å²) in [5.74, 6) is -1.14. The second-order valence-electron chi connectivity index (χ2n) is 5.92. The van der Waals surface area contributed by atoms with E-state index in [2.05, 4.69) is 20.9 Å². The molecule has 2 heterocycles. The molecular weight excluding hydrogens is 404 g/mol. The molecule has 0 bridgehead atoms. The van der Waals surface area contributed by atoms with Crippen LogP contribution in [0.15, 0.2) is 11.8 Å². The molecule has 0 aromatic carbocycles. The van der Waals surface area contributed by atoms with Gasteiger partial charge in [-0.05, 0) is 18.9 Å². The van der Waals surface area contributed by atoms with Gasteiger partial charge in [-0.1, -0.05) is 28.8 Å². The molecular formula is C15H20BrClN2O3S. The Labute approximate surface area is 154 Å². The Morgan fingerprint density at radius 2 is 2.00 bits per heavy atom.